The van der Waals surface area contributed by atoms with Crippen molar-refractivity contribution in [1.29, 1.82) is 0 Å². The van der Waals surface area contributed by atoms with Crippen LogP contribution in [-0.4, -0.2) is 38.3 Å². The lowest BCUT2D eigenvalue weighted by molar-refractivity contribution is -0.139. The monoisotopic (exact) mass is 438 g/mol. The first kappa shape index (κ1) is 20.6. The largest absolute Gasteiger partial charge is 0.508 e. The van der Waals surface area contributed by atoms with E-state index in [0.29, 0.717) is 24.1 Å². The lowest BCUT2D eigenvalue weighted by Crippen LogP contribution is -2.31. The van der Waals surface area contributed by atoms with Gasteiger partial charge in [0.25, 0.3) is 11.7 Å². The number of aliphatic hydroxyl groups excluding tert-OH is 1. The van der Waals surface area contributed by atoms with Gasteiger partial charge in [-0.25, -0.2) is 0 Å². The number of aliphatic hydroxyl groups is 1. The number of rotatable bonds is 5. The summed E-state index contributed by atoms with van der Waals surface area (Å²) in [6.45, 7) is 0.295. The van der Waals surface area contributed by atoms with Crippen molar-refractivity contribution in [1.82, 2.24) is 9.88 Å². The Bertz CT molecular complexity index is 1370. The third-order valence-electron chi connectivity index (χ3n) is 6.09. The van der Waals surface area contributed by atoms with Crippen molar-refractivity contribution >= 4 is 28.4 Å². The fraction of sp³-hybridized carbons (Fsp3) is 0.111. The predicted molar refractivity (Wildman–Crippen MR) is 126 cm³/mol. The van der Waals surface area contributed by atoms with Crippen LogP contribution in [0.2, 0.25) is 0 Å². The quantitative estimate of drug-likeness (QED) is 0.242. The zero-order valence-corrected chi connectivity index (χ0v) is 17.7. The molecule has 3 aromatic carbocycles. The van der Waals surface area contributed by atoms with E-state index in [1.165, 1.54) is 17.0 Å². The maximum atomic E-state index is 13.1. The minimum atomic E-state index is -0.754. The fourth-order valence-electron chi connectivity index (χ4n) is 4.44. The van der Waals surface area contributed by atoms with E-state index in [2.05, 4.69) is 4.98 Å². The van der Waals surface area contributed by atoms with Crippen molar-refractivity contribution in [2.24, 2.45) is 0 Å². The van der Waals surface area contributed by atoms with Crippen LogP contribution in [0.1, 0.15) is 22.7 Å². The molecular formula is C27H22N2O4. The number of aromatic nitrogens is 1. The standard InChI is InChI=1S/C27H22N2O4/c30-20-12-10-17(11-13-20)24-23(25(31)18-6-2-1-3-7-18)26(32)27(33)29(24)15-14-19-16-28-22-9-5-4-8-21(19)22/h1-13,16,24,28,30-31H,14-15H2/b25-23-. The van der Waals surface area contributed by atoms with Gasteiger partial charge in [0.1, 0.15) is 11.5 Å². The molecule has 1 saturated heterocycles. The maximum Gasteiger partial charge on any atom is 0.295 e. The number of fused-ring (bicyclic) bond motifs is 1. The van der Waals surface area contributed by atoms with Gasteiger partial charge < -0.3 is 20.1 Å². The molecule has 1 aliphatic heterocycles. The van der Waals surface area contributed by atoms with Crippen LogP contribution in [0, 0.1) is 0 Å². The van der Waals surface area contributed by atoms with Crippen LogP contribution in [-0.2, 0) is 16.0 Å². The van der Waals surface area contributed by atoms with Gasteiger partial charge in [0.05, 0.1) is 11.6 Å². The average Bonchev–Trinajstić information content (AvgIpc) is 3.37. The van der Waals surface area contributed by atoms with Gasteiger partial charge in [-0.3, -0.25) is 9.59 Å². The smallest absolute Gasteiger partial charge is 0.295 e. The zero-order chi connectivity index (χ0) is 22.9. The average molecular weight is 438 g/mol. The Morgan fingerprint density at radius 3 is 2.36 bits per heavy atom. The molecule has 6 nitrogen and oxygen atoms in total. The van der Waals surface area contributed by atoms with Crippen LogP contribution in [0.4, 0.5) is 0 Å². The van der Waals surface area contributed by atoms with Gasteiger partial charge >= 0.3 is 0 Å². The Morgan fingerprint density at radius 1 is 0.909 bits per heavy atom. The molecule has 2 heterocycles. The number of hydrogen-bond acceptors (Lipinski definition) is 4. The minimum Gasteiger partial charge on any atom is -0.508 e. The number of nitrogens with one attached hydrogen (secondary N) is 1. The Balaban J connectivity index is 1.56. The number of para-hydroxylation sites is 1. The molecule has 0 aliphatic carbocycles. The van der Waals surface area contributed by atoms with Gasteiger partial charge in [-0.15, -0.1) is 0 Å². The van der Waals surface area contributed by atoms with Crippen LogP contribution in [0.15, 0.2) is 90.6 Å². The van der Waals surface area contributed by atoms with Gasteiger partial charge in [-0.05, 0) is 35.7 Å². The molecule has 1 unspecified atom stereocenters. The molecule has 1 amide bonds. The Kier molecular flexibility index (Phi) is 5.18. The van der Waals surface area contributed by atoms with Crippen molar-refractivity contribution in [3.63, 3.8) is 0 Å². The third-order valence-corrected chi connectivity index (χ3v) is 6.09. The second-order valence-corrected chi connectivity index (χ2v) is 8.06. The van der Waals surface area contributed by atoms with Crippen LogP contribution < -0.4 is 0 Å². The Hall–Kier alpha value is -4.32. The molecule has 1 atom stereocenters. The highest BCUT2D eigenvalue weighted by Crippen LogP contribution is 2.40. The number of nitrogens with zero attached hydrogens (tertiary/aromatic N) is 1. The molecular weight excluding hydrogens is 416 g/mol. The number of Topliss-reactive ketones (excluding diaryl/α,β-unsaturated/α-hetero) is 1. The third kappa shape index (κ3) is 3.65. The molecule has 0 radical (unpaired) electrons. The number of aromatic amines is 1. The number of carbonyl (C=O) groups is 2. The zero-order valence-electron chi connectivity index (χ0n) is 17.7. The molecule has 0 spiro atoms. The SMILES string of the molecule is O=C1C(=O)N(CCc2c[nH]c3ccccc23)C(c2ccc(O)cc2)/C1=C(/O)c1ccccc1. The second-order valence-electron chi connectivity index (χ2n) is 8.06. The lowest BCUT2D eigenvalue weighted by atomic mass is 9.95. The molecule has 0 saturated carbocycles. The molecule has 1 aliphatic rings. The first-order chi connectivity index (χ1) is 16.0. The number of carbonyl (C=O) groups excluding carboxylic acids is 2. The molecule has 5 rings (SSSR count). The molecule has 0 bridgehead atoms. The number of phenols is 1. The molecule has 1 fully saturated rings. The Morgan fingerprint density at radius 2 is 1.61 bits per heavy atom. The number of ketones is 1. The van der Waals surface area contributed by atoms with Crippen LogP contribution in [0.3, 0.4) is 0 Å². The van der Waals surface area contributed by atoms with E-state index in [0.717, 1.165) is 16.5 Å². The summed E-state index contributed by atoms with van der Waals surface area (Å²) in [6.07, 6.45) is 2.46. The van der Waals surface area contributed by atoms with Crippen molar-refractivity contribution in [2.75, 3.05) is 6.54 Å². The number of hydrogen-bond donors (Lipinski definition) is 3. The van der Waals surface area contributed by atoms with Crippen molar-refractivity contribution in [3.8, 4) is 5.75 Å². The topological polar surface area (TPSA) is 93.6 Å². The van der Waals surface area contributed by atoms with E-state index < -0.39 is 17.7 Å². The Labute approximate surface area is 190 Å². The molecule has 3 N–H and O–H groups in total. The summed E-state index contributed by atoms with van der Waals surface area (Å²) < 4.78 is 0. The van der Waals surface area contributed by atoms with Gasteiger partial charge in [0.15, 0.2) is 0 Å². The summed E-state index contributed by atoms with van der Waals surface area (Å²) in [5, 5.41) is 21.8. The number of H-pyrrole nitrogens is 1. The van der Waals surface area contributed by atoms with E-state index in [4.69, 9.17) is 0 Å². The van der Waals surface area contributed by atoms with E-state index in [1.54, 1.807) is 36.4 Å². The van der Waals surface area contributed by atoms with Crippen LogP contribution in [0.5, 0.6) is 5.75 Å². The predicted octanol–water partition coefficient (Wildman–Crippen LogP) is 4.54. The van der Waals surface area contributed by atoms with E-state index >= 15 is 0 Å². The minimum absolute atomic E-state index is 0.0517. The van der Waals surface area contributed by atoms with E-state index in [9.17, 15) is 19.8 Å². The molecule has 6 heteroatoms. The van der Waals surface area contributed by atoms with Crippen molar-refractivity contribution in [2.45, 2.75) is 12.5 Å². The number of aromatic hydroxyl groups is 1. The lowest BCUT2D eigenvalue weighted by Gasteiger charge is -2.25. The summed E-state index contributed by atoms with van der Waals surface area (Å²) in [7, 11) is 0. The maximum absolute atomic E-state index is 13.1. The highest BCUT2D eigenvalue weighted by atomic mass is 16.3. The van der Waals surface area contributed by atoms with Gasteiger partial charge in [-0.2, -0.15) is 0 Å². The highest BCUT2D eigenvalue weighted by Gasteiger charge is 2.45. The van der Waals surface area contributed by atoms with E-state index in [-0.39, 0.29) is 17.1 Å². The number of phenolic OH excluding ortho intramolecular Hbond substituents is 1. The van der Waals surface area contributed by atoms with Crippen LogP contribution in [0.25, 0.3) is 16.7 Å². The van der Waals surface area contributed by atoms with Gasteiger partial charge in [-0.1, -0.05) is 60.7 Å². The summed E-state index contributed by atoms with van der Waals surface area (Å²) in [4.78, 5) is 30.9. The number of likely N-dealkylation sites (tertiary alicyclic amines) is 1. The van der Waals surface area contributed by atoms with Crippen molar-refractivity contribution in [3.05, 3.63) is 107 Å². The summed E-state index contributed by atoms with van der Waals surface area (Å²) >= 11 is 0. The second kappa shape index (κ2) is 8.31. The van der Waals surface area contributed by atoms with Crippen LogP contribution >= 0.6 is 0 Å². The molecule has 4 aromatic rings. The van der Waals surface area contributed by atoms with Gasteiger partial charge in [0, 0.05) is 29.2 Å². The summed E-state index contributed by atoms with van der Waals surface area (Å²) in [6, 6.07) is 22.3. The molecule has 33 heavy (non-hydrogen) atoms. The normalized spacial score (nSPS) is 17.7. The number of benzene rings is 3. The highest BCUT2D eigenvalue weighted by molar-refractivity contribution is 6.46. The first-order valence-electron chi connectivity index (χ1n) is 10.7. The molecule has 1 aromatic heterocycles. The fourth-order valence-corrected chi connectivity index (χ4v) is 4.44. The summed E-state index contributed by atoms with van der Waals surface area (Å²) in [5.74, 6) is -1.49. The number of amides is 1. The van der Waals surface area contributed by atoms with Gasteiger partial charge in [0.2, 0.25) is 0 Å². The first-order valence-corrected chi connectivity index (χ1v) is 10.7. The molecule has 164 valence electrons. The van der Waals surface area contributed by atoms with E-state index in [1.807, 2.05) is 36.5 Å². The van der Waals surface area contributed by atoms with Crippen molar-refractivity contribution < 1.29 is 19.8 Å². The summed E-state index contributed by atoms with van der Waals surface area (Å²) in [5.41, 5.74) is 3.21.